The Morgan fingerprint density at radius 3 is 2.69 bits per heavy atom. The number of anilines is 1. The molecule has 152 valence electrons. The Kier molecular flexibility index (Phi) is 7.69. The molecule has 0 aliphatic rings. The van der Waals surface area contributed by atoms with Gasteiger partial charge in [0.25, 0.3) is 5.91 Å². The molecular weight excluding hydrogens is 388 g/mol. The molecule has 29 heavy (non-hydrogen) atoms. The summed E-state index contributed by atoms with van der Waals surface area (Å²) in [6, 6.07) is 10.9. The lowest BCUT2D eigenvalue weighted by atomic mass is 10.1. The van der Waals surface area contributed by atoms with Crippen LogP contribution in [0.5, 0.6) is 11.5 Å². The molecule has 0 aromatic heterocycles. The molecule has 0 saturated carbocycles. The Hall–Kier alpha value is -2.97. The summed E-state index contributed by atoms with van der Waals surface area (Å²) < 4.78 is 11.2. The van der Waals surface area contributed by atoms with E-state index < -0.39 is 5.91 Å². The Balaban J connectivity index is 2.34. The lowest BCUT2D eigenvalue weighted by Crippen LogP contribution is -2.14. The van der Waals surface area contributed by atoms with Crippen molar-refractivity contribution in [3.63, 3.8) is 0 Å². The minimum atomic E-state index is -0.490. The van der Waals surface area contributed by atoms with Gasteiger partial charge in [0.15, 0.2) is 11.5 Å². The molecule has 0 aliphatic heterocycles. The molecule has 6 heteroatoms. The summed E-state index contributed by atoms with van der Waals surface area (Å²) >= 11 is 6.37. The van der Waals surface area contributed by atoms with Crippen LogP contribution in [-0.2, 0) is 4.79 Å². The summed E-state index contributed by atoms with van der Waals surface area (Å²) in [5.74, 6) is 0.395. The van der Waals surface area contributed by atoms with Gasteiger partial charge in [0.05, 0.1) is 18.2 Å². The minimum Gasteiger partial charge on any atom is -0.493 e. The van der Waals surface area contributed by atoms with Crippen LogP contribution in [0.3, 0.4) is 0 Å². The highest BCUT2D eigenvalue weighted by Crippen LogP contribution is 2.38. The summed E-state index contributed by atoms with van der Waals surface area (Å²) in [6.07, 6.45) is 2.26. The predicted octanol–water partition coefficient (Wildman–Crippen LogP) is 5.69. The molecule has 0 heterocycles. The number of hydrogen-bond acceptors (Lipinski definition) is 4. The maximum atomic E-state index is 12.6. The SMILES string of the molecule is CCC(C)Oc1c(Cl)cc(/C=C(/C#N)C(=O)Nc2cccc(C)c2C)cc1OC. The van der Waals surface area contributed by atoms with Crippen LogP contribution < -0.4 is 14.8 Å². The molecule has 0 saturated heterocycles. The Labute approximate surface area is 176 Å². The van der Waals surface area contributed by atoms with Crippen molar-refractivity contribution in [1.82, 2.24) is 0 Å². The first-order valence-electron chi connectivity index (χ1n) is 9.34. The first kappa shape index (κ1) is 22.3. The molecule has 5 nitrogen and oxygen atoms in total. The molecule has 0 fully saturated rings. The normalized spacial score (nSPS) is 12.1. The number of methoxy groups -OCH3 is 1. The fourth-order valence-corrected chi connectivity index (χ4v) is 2.88. The molecule has 0 spiro atoms. The number of halogens is 1. The van der Waals surface area contributed by atoms with Gasteiger partial charge in [-0.05, 0) is 68.2 Å². The number of amides is 1. The van der Waals surface area contributed by atoms with Gasteiger partial charge in [0, 0.05) is 5.69 Å². The number of benzene rings is 2. The molecule has 0 bridgehead atoms. The maximum Gasteiger partial charge on any atom is 0.266 e. The van der Waals surface area contributed by atoms with E-state index in [9.17, 15) is 10.1 Å². The van der Waals surface area contributed by atoms with Gasteiger partial charge in [0.2, 0.25) is 0 Å². The average molecular weight is 413 g/mol. The van der Waals surface area contributed by atoms with Gasteiger partial charge in [0.1, 0.15) is 11.6 Å². The van der Waals surface area contributed by atoms with Crippen molar-refractivity contribution in [2.75, 3.05) is 12.4 Å². The fraction of sp³-hybridized carbons (Fsp3) is 0.304. The summed E-state index contributed by atoms with van der Waals surface area (Å²) in [5, 5.41) is 12.6. The van der Waals surface area contributed by atoms with Crippen molar-refractivity contribution >= 4 is 29.3 Å². The van der Waals surface area contributed by atoms with E-state index in [-0.39, 0.29) is 11.7 Å². The van der Waals surface area contributed by atoms with E-state index in [0.717, 1.165) is 17.5 Å². The fourth-order valence-electron chi connectivity index (χ4n) is 2.61. The van der Waals surface area contributed by atoms with E-state index in [1.165, 1.54) is 13.2 Å². The van der Waals surface area contributed by atoms with Crippen molar-refractivity contribution in [1.29, 1.82) is 5.26 Å². The molecule has 1 unspecified atom stereocenters. The maximum absolute atomic E-state index is 12.6. The number of nitriles is 1. The molecule has 1 amide bonds. The monoisotopic (exact) mass is 412 g/mol. The van der Waals surface area contributed by atoms with Crippen LogP contribution in [-0.4, -0.2) is 19.1 Å². The van der Waals surface area contributed by atoms with Crippen molar-refractivity contribution in [2.45, 2.75) is 40.2 Å². The van der Waals surface area contributed by atoms with Crippen molar-refractivity contribution in [3.8, 4) is 17.6 Å². The number of ether oxygens (including phenoxy) is 2. The van der Waals surface area contributed by atoms with Crippen molar-refractivity contribution < 1.29 is 14.3 Å². The van der Waals surface area contributed by atoms with Gasteiger partial charge in [-0.1, -0.05) is 30.7 Å². The van der Waals surface area contributed by atoms with Crippen LogP contribution in [0.4, 0.5) is 5.69 Å². The molecule has 0 aliphatic carbocycles. The number of aryl methyl sites for hydroxylation is 1. The van der Waals surface area contributed by atoms with Gasteiger partial charge in [-0.25, -0.2) is 0 Å². The highest BCUT2D eigenvalue weighted by molar-refractivity contribution is 6.32. The zero-order chi connectivity index (χ0) is 21.6. The van der Waals surface area contributed by atoms with Gasteiger partial charge >= 0.3 is 0 Å². The smallest absolute Gasteiger partial charge is 0.266 e. The largest absolute Gasteiger partial charge is 0.493 e. The lowest BCUT2D eigenvalue weighted by Gasteiger charge is -2.17. The summed E-state index contributed by atoms with van der Waals surface area (Å²) in [5.41, 5.74) is 3.20. The lowest BCUT2D eigenvalue weighted by molar-refractivity contribution is -0.112. The number of carbonyl (C=O) groups excluding carboxylic acids is 1. The van der Waals surface area contributed by atoms with Gasteiger partial charge < -0.3 is 14.8 Å². The Bertz CT molecular complexity index is 977. The van der Waals surface area contributed by atoms with Crippen LogP contribution in [0.15, 0.2) is 35.9 Å². The summed E-state index contributed by atoms with van der Waals surface area (Å²) in [4.78, 5) is 12.6. The molecule has 2 aromatic rings. The van der Waals surface area contributed by atoms with Crippen LogP contribution >= 0.6 is 11.6 Å². The molecule has 1 atom stereocenters. The van der Waals surface area contributed by atoms with Gasteiger partial charge in [-0.15, -0.1) is 0 Å². The highest BCUT2D eigenvalue weighted by Gasteiger charge is 2.16. The predicted molar refractivity (Wildman–Crippen MR) is 117 cm³/mol. The zero-order valence-corrected chi connectivity index (χ0v) is 18.1. The van der Waals surface area contributed by atoms with E-state index in [1.807, 2.05) is 45.9 Å². The van der Waals surface area contributed by atoms with E-state index in [1.54, 1.807) is 18.2 Å². The standard InChI is InChI=1S/C23H25ClN2O3/c1-6-15(3)29-22-19(24)11-17(12-21(22)28-5)10-18(13-25)23(27)26-20-9-7-8-14(2)16(20)4/h7-12,15H,6H2,1-5H3,(H,26,27)/b18-10-. The third kappa shape index (κ3) is 5.52. The Morgan fingerprint density at radius 2 is 2.07 bits per heavy atom. The topological polar surface area (TPSA) is 71.3 Å². The van der Waals surface area contributed by atoms with Crippen molar-refractivity contribution in [2.24, 2.45) is 0 Å². The summed E-state index contributed by atoms with van der Waals surface area (Å²) in [6.45, 7) is 7.83. The second-order valence-electron chi connectivity index (χ2n) is 6.74. The number of nitrogens with one attached hydrogen (secondary N) is 1. The van der Waals surface area contributed by atoms with E-state index in [0.29, 0.717) is 27.8 Å². The van der Waals surface area contributed by atoms with Gasteiger partial charge in [-0.2, -0.15) is 5.26 Å². The third-order valence-electron chi connectivity index (χ3n) is 4.67. The molecule has 1 N–H and O–H groups in total. The highest BCUT2D eigenvalue weighted by atomic mass is 35.5. The van der Waals surface area contributed by atoms with Gasteiger partial charge in [-0.3, -0.25) is 4.79 Å². The third-order valence-corrected chi connectivity index (χ3v) is 4.96. The minimum absolute atomic E-state index is 0.0270. The number of carbonyl (C=O) groups is 1. The molecule has 2 aromatic carbocycles. The van der Waals surface area contributed by atoms with Crippen LogP contribution in [0, 0.1) is 25.2 Å². The molecule has 0 radical (unpaired) electrons. The average Bonchev–Trinajstić information content (AvgIpc) is 2.70. The van der Waals surface area contributed by atoms with Crippen LogP contribution in [0.25, 0.3) is 6.08 Å². The van der Waals surface area contributed by atoms with Crippen LogP contribution in [0.2, 0.25) is 5.02 Å². The number of hydrogen-bond donors (Lipinski definition) is 1. The number of nitrogens with zero attached hydrogens (tertiary/aromatic N) is 1. The Morgan fingerprint density at radius 1 is 1.34 bits per heavy atom. The quantitative estimate of drug-likeness (QED) is 0.468. The second kappa shape index (κ2) is 9.99. The molecule has 2 rings (SSSR count). The second-order valence-corrected chi connectivity index (χ2v) is 7.15. The van der Waals surface area contributed by atoms with Crippen molar-refractivity contribution in [3.05, 3.63) is 57.6 Å². The van der Waals surface area contributed by atoms with E-state index >= 15 is 0 Å². The number of rotatable bonds is 7. The first-order valence-corrected chi connectivity index (χ1v) is 9.72. The van der Waals surface area contributed by atoms with E-state index in [4.69, 9.17) is 21.1 Å². The van der Waals surface area contributed by atoms with Crippen LogP contribution in [0.1, 0.15) is 37.0 Å². The summed E-state index contributed by atoms with van der Waals surface area (Å²) in [7, 11) is 1.51. The zero-order valence-electron chi connectivity index (χ0n) is 17.3. The molecular formula is C23H25ClN2O3. The van der Waals surface area contributed by atoms with E-state index in [2.05, 4.69) is 5.32 Å². The first-order chi connectivity index (χ1) is 13.8.